The molecule has 2 amide bonds. The number of rotatable bonds is 5. The van der Waals surface area contributed by atoms with Gasteiger partial charge in [0, 0.05) is 25.1 Å². The lowest BCUT2D eigenvalue weighted by Crippen LogP contribution is -2.54. The molecule has 1 saturated heterocycles. The van der Waals surface area contributed by atoms with E-state index in [0.29, 0.717) is 5.33 Å². The third-order valence-corrected chi connectivity index (χ3v) is 6.33. The van der Waals surface area contributed by atoms with Gasteiger partial charge >= 0.3 is 0 Å². The van der Waals surface area contributed by atoms with E-state index in [4.69, 9.17) is 22.1 Å². The van der Waals surface area contributed by atoms with Crippen molar-refractivity contribution in [2.75, 3.05) is 18.4 Å². The number of carbonyl (C=O) groups excluding carboxylic acids is 2. The molecule has 3 rings (SSSR count). The molecule has 26 heavy (non-hydrogen) atoms. The fourth-order valence-corrected chi connectivity index (χ4v) is 4.55. The van der Waals surface area contributed by atoms with Crippen molar-refractivity contribution in [2.24, 2.45) is 17.1 Å². The van der Waals surface area contributed by atoms with Gasteiger partial charge in [-0.2, -0.15) is 0 Å². The number of alkyl halides is 1. The molecule has 1 unspecified atom stereocenters. The normalized spacial score (nSPS) is 20.5. The Balaban J connectivity index is 1.59. The van der Waals surface area contributed by atoms with Gasteiger partial charge in [0.25, 0.3) is 5.91 Å². The van der Waals surface area contributed by atoms with Gasteiger partial charge in [-0.1, -0.05) is 27.5 Å². The van der Waals surface area contributed by atoms with Crippen LogP contribution in [0.25, 0.3) is 0 Å². The molecule has 1 aliphatic carbocycles. The predicted octanol–water partition coefficient (Wildman–Crippen LogP) is 3.13. The molecule has 2 N–H and O–H groups in total. The highest BCUT2D eigenvalue weighted by molar-refractivity contribution is 9.09. The Kier molecular flexibility index (Phi) is 5.77. The van der Waals surface area contributed by atoms with Crippen molar-refractivity contribution in [3.63, 3.8) is 0 Å². The Bertz CT molecular complexity index is 702. The van der Waals surface area contributed by atoms with Crippen LogP contribution in [-0.4, -0.2) is 41.2 Å². The van der Waals surface area contributed by atoms with Crippen molar-refractivity contribution in [1.29, 1.82) is 0 Å². The van der Waals surface area contributed by atoms with Crippen LogP contribution in [0.3, 0.4) is 0 Å². The van der Waals surface area contributed by atoms with Crippen molar-refractivity contribution < 1.29 is 18.7 Å². The van der Waals surface area contributed by atoms with Crippen LogP contribution in [0.2, 0.25) is 5.02 Å². The molecule has 8 heteroatoms. The first-order valence-electron chi connectivity index (χ1n) is 8.58. The van der Waals surface area contributed by atoms with Crippen LogP contribution >= 0.6 is 27.5 Å². The van der Waals surface area contributed by atoms with Crippen LogP contribution in [0, 0.1) is 17.2 Å². The van der Waals surface area contributed by atoms with E-state index in [1.54, 1.807) is 0 Å². The number of halogens is 3. The topological polar surface area (TPSA) is 72.6 Å². The van der Waals surface area contributed by atoms with Crippen molar-refractivity contribution in [3.8, 4) is 5.75 Å². The van der Waals surface area contributed by atoms with E-state index in [2.05, 4.69) is 15.9 Å². The van der Waals surface area contributed by atoms with Gasteiger partial charge in [0.1, 0.15) is 11.6 Å². The summed E-state index contributed by atoms with van der Waals surface area (Å²) < 4.78 is 19.3. The Hall–Kier alpha value is -1.34. The minimum atomic E-state index is -0.789. The summed E-state index contributed by atoms with van der Waals surface area (Å²) in [5.41, 5.74) is 5.67. The molecule has 1 aromatic carbocycles. The van der Waals surface area contributed by atoms with Crippen molar-refractivity contribution in [2.45, 2.75) is 31.8 Å². The highest BCUT2D eigenvalue weighted by Crippen LogP contribution is 2.54. The molecule has 1 atom stereocenters. The molecule has 1 heterocycles. The Morgan fingerprint density at radius 3 is 2.58 bits per heavy atom. The van der Waals surface area contributed by atoms with Gasteiger partial charge in [0.05, 0.1) is 10.4 Å². The smallest absolute Gasteiger partial charge is 0.258 e. The van der Waals surface area contributed by atoms with Crippen LogP contribution in [-0.2, 0) is 9.59 Å². The molecule has 0 radical (unpaired) electrons. The third-order valence-electron chi connectivity index (χ3n) is 5.54. The van der Waals surface area contributed by atoms with Gasteiger partial charge in [-0.15, -0.1) is 0 Å². The minimum Gasteiger partial charge on any atom is -0.480 e. The largest absolute Gasteiger partial charge is 0.480 e. The number of likely N-dealkylation sites (tertiary alicyclic amines) is 1. The molecular weight excluding hydrogens is 427 g/mol. The van der Waals surface area contributed by atoms with Gasteiger partial charge in [0.2, 0.25) is 5.91 Å². The quantitative estimate of drug-likeness (QED) is 0.705. The van der Waals surface area contributed by atoms with Crippen molar-refractivity contribution >= 4 is 39.3 Å². The number of carbonyl (C=O) groups is 2. The molecule has 0 aromatic heterocycles. The second kappa shape index (κ2) is 7.72. The molecule has 1 saturated carbocycles. The third kappa shape index (κ3) is 3.98. The van der Waals surface area contributed by atoms with Gasteiger partial charge in [-0.05, 0) is 43.2 Å². The molecule has 142 valence electrons. The zero-order valence-electron chi connectivity index (χ0n) is 14.2. The van der Waals surface area contributed by atoms with E-state index in [0.717, 1.165) is 44.8 Å². The second-order valence-electron chi connectivity index (χ2n) is 7.20. The summed E-state index contributed by atoms with van der Waals surface area (Å²) in [6, 6.07) is 4.08. The van der Waals surface area contributed by atoms with Crippen LogP contribution in [0.5, 0.6) is 5.75 Å². The summed E-state index contributed by atoms with van der Waals surface area (Å²) in [6.45, 7) is 1.48. The van der Waals surface area contributed by atoms with Crippen LogP contribution < -0.4 is 10.5 Å². The van der Waals surface area contributed by atoms with E-state index in [9.17, 15) is 14.0 Å². The lowest BCUT2D eigenvalue weighted by atomic mass is 9.56. The van der Waals surface area contributed by atoms with Crippen molar-refractivity contribution in [3.05, 3.63) is 29.0 Å². The number of piperidine rings is 1. The van der Waals surface area contributed by atoms with Crippen LogP contribution in [0.4, 0.5) is 4.39 Å². The summed E-state index contributed by atoms with van der Waals surface area (Å²) >= 11 is 8.87. The van der Waals surface area contributed by atoms with E-state index in [-0.39, 0.29) is 28.0 Å². The maximum atomic E-state index is 13.6. The zero-order chi connectivity index (χ0) is 18.9. The number of primary amides is 1. The summed E-state index contributed by atoms with van der Waals surface area (Å²) in [6.07, 6.45) is 2.70. The Morgan fingerprint density at radius 2 is 2.04 bits per heavy atom. The van der Waals surface area contributed by atoms with Crippen molar-refractivity contribution in [1.82, 2.24) is 4.90 Å². The highest BCUT2D eigenvalue weighted by atomic mass is 79.9. The molecule has 0 bridgehead atoms. The number of nitrogens with two attached hydrogens (primary N) is 1. The van der Waals surface area contributed by atoms with Crippen LogP contribution in [0.1, 0.15) is 25.7 Å². The van der Waals surface area contributed by atoms with E-state index < -0.39 is 17.8 Å². The molecule has 2 fully saturated rings. The minimum absolute atomic E-state index is 0.000332. The van der Waals surface area contributed by atoms with E-state index in [1.165, 1.54) is 12.1 Å². The first kappa shape index (κ1) is 19.4. The van der Waals surface area contributed by atoms with Gasteiger partial charge in [0.15, 0.2) is 6.10 Å². The Morgan fingerprint density at radius 1 is 1.38 bits per heavy atom. The molecule has 2 aliphatic rings. The molecule has 5 nitrogen and oxygen atoms in total. The fraction of sp³-hybridized carbons (Fsp3) is 0.556. The molecule has 1 spiro atoms. The first-order chi connectivity index (χ1) is 12.3. The highest BCUT2D eigenvalue weighted by Gasteiger charge is 2.50. The summed E-state index contributed by atoms with van der Waals surface area (Å²) in [5.74, 6) is -0.786. The van der Waals surface area contributed by atoms with Crippen LogP contribution in [0.15, 0.2) is 18.2 Å². The molecule has 1 aromatic rings. The first-order valence-corrected chi connectivity index (χ1v) is 10.1. The average Bonchev–Trinajstić information content (AvgIpc) is 2.60. The monoisotopic (exact) mass is 446 g/mol. The number of ether oxygens (including phenoxy) is 1. The number of amides is 2. The maximum Gasteiger partial charge on any atom is 0.258 e. The Labute approximate surface area is 165 Å². The van der Waals surface area contributed by atoms with Gasteiger partial charge < -0.3 is 15.4 Å². The number of hydrogen-bond donors (Lipinski definition) is 1. The SMILES string of the molecule is NC(=O)C(Oc1ccc(Cl)c(F)c1)C1CC2(CCN(C(=O)CBr)CC2)C1. The second-order valence-corrected chi connectivity index (χ2v) is 8.17. The zero-order valence-corrected chi connectivity index (χ0v) is 16.6. The summed E-state index contributed by atoms with van der Waals surface area (Å²) in [7, 11) is 0. The maximum absolute atomic E-state index is 13.6. The summed E-state index contributed by atoms with van der Waals surface area (Å²) in [4.78, 5) is 25.5. The lowest BCUT2D eigenvalue weighted by Gasteiger charge is -2.53. The predicted molar refractivity (Wildman–Crippen MR) is 99.8 cm³/mol. The fourth-order valence-electron chi connectivity index (χ4n) is 4.07. The standard InChI is InChI=1S/C18H21BrClFN2O3/c19-10-15(24)23-5-3-18(4-6-23)8-11(9-18)16(17(22)25)26-12-1-2-13(20)14(21)7-12/h1-2,7,11,16H,3-6,8-10H2,(H2,22,25). The summed E-state index contributed by atoms with van der Waals surface area (Å²) in [5, 5.41) is 0.345. The average molecular weight is 448 g/mol. The van der Waals surface area contributed by atoms with E-state index in [1.807, 2.05) is 4.90 Å². The molecule has 1 aliphatic heterocycles. The van der Waals surface area contributed by atoms with Gasteiger partial charge in [-0.3, -0.25) is 9.59 Å². The number of benzene rings is 1. The van der Waals surface area contributed by atoms with Gasteiger partial charge in [-0.25, -0.2) is 4.39 Å². The lowest BCUT2D eigenvalue weighted by molar-refractivity contribution is -0.138. The van der Waals surface area contributed by atoms with E-state index >= 15 is 0 Å². The number of nitrogens with zero attached hydrogens (tertiary/aromatic N) is 1. The molecular formula is C18H21BrClFN2O3. The number of hydrogen-bond acceptors (Lipinski definition) is 3.